The number of aliphatic hydroxyl groups is 1. The van der Waals surface area contributed by atoms with Gasteiger partial charge in [0.15, 0.2) is 0 Å². The molecule has 128 valence electrons. The van der Waals surface area contributed by atoms with Gasteiger partial charge in [0, 0.05) is 10.9 Å². The lowest BCUT2D eigenvalue weighted by Gasteiger charge is -2.39. The fourth-order valence-corrected chi connectivity index (χ4v) is 4.48. The van der Waals surface area contributed by atoms with Crippen molar-refractivity contribution < 1.29 is 14.7 Å². The van der Waals surface area contributed by atoms with Crippen molar-refractivity contribution in [2.24, 2.45) is 11.8 Å². The fourth-order valence-electron chi connectivity index (χ4n) is 4.29. The third-order valence-electron chi connectivity index (χ3n) is 5.54. The largest absolute Gasteiger partial charge is 0.385 e. The molecule has 1 saturated carbocycles. The van der Waals surface area contributed by atoms with Crippen molar-refractivity contribution in [3.8, 4) is 0 Å². The summed E-state index contributed by atoms with van der Waals surface area (Å²) in [5.41, 5.74) is 0.983. The van der Waals surface area contributed by atoms with Crippen molar-refractivity contribution in [1.29, 1.82) is 0 Å². The van der Waals surface area contributed by atoms with E-state index >= 15 is 0 Å². The minimum atomic E-state index is -0.382. The molecule has 1 aliphatic carbocycles. The maximum absolute atomic E-state index is 10.3. The number of benzene rings is 1. The standard InChI is InChI=1S/C19H28ClNO2/c20-19-8-4-3-7-17(19)13-23-14-18(22)12-21-10-9-15-5-1-2-6-16(15)11-21/h3-4,7-8,15-16,18,22H,1-2,5-6,9-14H2/p+1/t15-,16+,18-/m0/s1. The predicted octanol–water partition coefficient (Wildman–Crippen LogP) is 2.31. The summed E-state index contributed by atoms with van der Waals surface area (Å²) in [5.74, 6) is 1.85. The van der Waals surface area contributed by atoms with Crippen LogP contribution in [-0.4, -0.2) is 37.5 Å². The number of likely N-dealkylation sites (tertiary alicyclic amines) is 1. The quantitative estimate of drug-likeness (QED) is 0.834. The van der Waals surface area contributed by atoms with Crippen LogP contribution in [0.2, 0.25) is 5.02 Å². The number of ether oxygens (including phenoxy) is 1. The second-order valence-corrected chi connectivity index (χ2v) is 7.67. The number of fused-ring (bicyclic) bond motifs is 1. The van der Waals surface area contributed by atoms with Crippen molar-refractivity contribution >= 4 is 11.6 Å². The molecule has 0 spiro atoms. The van der Waals surface area contributed by atoms with Gasteiger partial charge in [-0.1, -0.05) is 42.6 Å². The Morgan fingerprint density at radius 3 is 2.78 bits per heavy atom. The molecule has 23 heavy (non-hydrogen) atoms. The second-order valence-electron chi connectivity index (χ2n) is 7.26. The first kappa shape index (κ1) is 17.2. The van der Waals surface area contributed by atoms with Crippen molar-refractivity contribution in [3.05, 3.63) is 34.9 Å². The maximum Gasteiger partial charge on any atom is 0.126 e. The molecular formula is C19H29ClNO2+. The molecule has 2 aliphatic rings. The molecule has 4 heteroatoms. The van der Waals surface area contributed by atoms with Crippen LogP contribution in [0.5, 0.6) is 0 Å². The van der Waals surface area contributed by atoms with E-state index in [0.29, 0.717) is 13.2 Å². The van der Waals surface area contributed by atoms with Gasteiger partial charge >= 0.3 is 0 Å². The molecule has 1 aromatic carbocycles. The summed E-state index contributed by atoms with van der Waals surface area (Å²) in [4.78, 5) is 1.56. The van der Waals surface area contributed by atoms with Crippen molar-refractivity contribution in [2.45, 2.75) is 44.8 Å². The third-order valence-corrected chi connectivity index (χ3v) is 5.90. The number of hydrogen-bond acceptors (Lipinski definition) is 2. The van der Waals surface area contributed by atoms with Gasteiger partial charge in [-0.3, -0.25) is 0 Å². The van der Waals surface area contributed by atoms with Gasteiger partial charge in [-0.2, -0.15) is 0 Å². The molecule has 3 nitrogen and oxygen atoms in total. The predicted molar refractivity (Wildman–Crippen MR) is 92.7 cm³/mol. The average Bonchev–Trinajstić information content (AvgIpc) is 2.56. The third kappa shape index (κ3) is 4.93. The molecule has 4 atom stereocenters. The topological polar surface area (TPSA) is 33.9 Å². The number of nitrogens with one attached hydrogen (secondary N) is 1. The van der Waals surface area contributed by atoms with Crippen LogP contribution in [0.25, 0.3) is 0 Å². The number of hydrogen-bond donors (Lipinski definition) is 2. The fraction of sp³-hybridized carbons (Fsp3) is 0.684. The number of piperidine rings is 1. The zero-order chi connectivity index (χ0) is 16.1. The summed E-state index contributed by atoms with van der Waals surface area (Å²) in [7, 11) is 0. The minimum Gasteiger partial charge on any atom is -0.385 e. The molecule has 1 unspecified atom stereocenters. The highest BCUT2D eigenvalue weighted by molar-refractivity contribution is 6.31. The number of aliphatic hydroxyl groups excluding tert-OH is 1. The highest BCUT2D eigenvalue weighted by Crippen LogP contribution is 2.32. The van der Waals surface area contributed by atoms with E-state index < -0.39 is 0 Å². The Labute approximate surface area is 144 Å². The molecule has 0 aromatic heterocycles. The lowest BCUT2D eigenvalue weighted by molar-refractivity contribution is -0.913. The number of quaternary nitrogens is 1. The van der Waals surface area contributed by atoms with Crippen LogP contribution < -0.4 is 4.90 Å². The van der Waals surface area contributed by atoms with E-state index in [1.54, 1.807) is 4.90 Å². The van der Waals surface area contributed by atoms with Gasteiger partial charge in [0.05, 0.1) is 26.3 Å². The van der Waals surface area contributed by atoms with E-state index in [-0.39, 0.29) is 6.10 Å². The summed E-state index contributed by atoms with van der Waals surface area (Å²) in [6, 6.07) is 7.71. The molecule has 0 bridgehead atoms. The van der Waals surface area contributed by atoms with Crippen LogP contribution in [0, 0.1) is 11.8 Å². The highest BCUT2D eigenvalue weighted by atomic mass is 35.5. The molecule has 2 fully saturated rings. The maximum atomic E-state index is 10.3. The SMILES string of the molecule is O[C@H](COCc1ccccc1Cl)C[NH+]1CC[C@@H]2CCCC[C@@H]2C1. The molecule has 2 N–H and O–H groups in total. The summed E-state index contributed by atoms with van der Waals surface area (Å²) < 4.78 is 5.66. The molecule has 1 heterocycles. The van der Waals surface area contributed by atoms with Gasteiger partial charge in [-0.15, -0.1) is 0 Å². The lowest BCUT2D eigenvalue weighted by atomic mass is 9.75. The van der Waals surface area contributed by atoms with Gasteiger partial charge in [0.25, 0.3) is 0 Å². The monoisotopic (exact) mass is 338 g/mol. The number of halogens is 1. The van der Waals surface area contributed by atoms with Gasteiger partial charge in [-0.25, -0.2) is 0 Å². The normalized spacial score (nSPS) is 29.0. The van der Waals surface area contributed by atoms with E-state index in [0.717, 1.165) is 29.0 Å². The van der Waals surface area contributed by atoms with E-state index in [4.69, 9.17) is 16.3 Å². The molecule has 0 radical (unpaired) electrons. The smallest absolute Gasteiger partial charge is 0.126 e. The summed E-state index contributed by atoms with van der Waals surface area (Å²) in [6.45, 7) is 4.13. The van der Waals surface area contributed by atoms with E-state index in [2.05, 4.69) is 0 Å². The second kappa shape index (κ2) is 8.48. The molecular weight excluding hydrogens is 310 g/mol. The van der Waals surface area contributed by atoms with Crippen LogP contribution >= 0.6 is 11.6 Å². The van der Waals surface area contributed by atoms with Gasteiger partial charge in [-0.05, 0) is 36.8 Å². The van der Waals surface area contributed by atoms with Crippen LogP contribution in [-0.2, 0) is 11.3 Å². The number of rotatable bonds is 6. The highest BCUT2D eigenvalue weighted by Gasteiger charge is 2.34. The summed E-state index contributed by atoms with van der Waals surface area (Å²) in [5, 5.41) is 11.0. The van der Waals surface area contributed by atoms with Crippen molar-refractivity contribution in [2.75, 3.05) is 26.2 Å². The molecule has 0 amide bonds. The summed E-state index contributed by atoms with van der Waals surface area (Å²) in [6.07, 6.45) is 6.61. The van der Waals surface area contributed by atoms with Crippen LogP contribution in [0.15, 0.2) is 24.3 Å². The van der Waals surface area contributed by atoms with E-state index in [9.17, 15) is 5.11 Å². The van der Waals surface area contributed by atoms with Crippen molar-refractivity contribution in [1.82, 2.24) is 0 Å². The Kier molecular flexibility index (Phi) is 6.35. The first-order chi connectivity index (χ1) is 11.2. The van der Waals surface area contributed by atoms with E-state index in [1.165, 1.54) is 45.2 Å². The van der Waals surface area contributed by atoms with Crippen LogP contribution in [0.4, 0.5) is 0 Å². The van der Waals surface area contributed by atoms with Crippen LogP contribution in [0.3, 0.4) is 0 Å². The Bertz CT molecular complexity index is 496. The summed E-state index contributed by atoms with van der Waals surface area (Å²) >= 11 is 6.11. The molecule has 1 aromatic rings. The first-order valence-electron chi connectivity index (χ1n) is 9.05. The average molecular weight is 339 g/mol. The van der Waals surface area contributed by atoms with E-state index in [1.807, 2.05) is 24.3 Å². The van der Waals surface area contributed by atoms with Gasteiger partial charge in [0.1, 0.15) is 12.6 Å². The lowest BCUT2D eigenvalue weighted by Crippen LogP contribution is -3.15. The Morgan fingerprint density at radius 2 is 1.96 bits per heavy atom. The minimum absolute atomic E-state index is 0.382. The zero-order valence-corrected chi connectivity index (χ0v) is 14.6. The van der Waals surface area contributed by atoms with Gasteiger partial charge < -0.3 is 14.7 Å². The molecule has 1 saturated heterocycles. The Morgan fingerprint density at radius 1 is 1.17 bits per heavy atom. The Hall–Kier alpha value is -0.610. The van der Waals surface area contributed by atoms with Crippen molar-refractivity contribution in [3.63, 3.8) is 0 Å². The molecule has 1 aliphatic heterocycles. The van der Waals surface area contributed by atoms with Gasteiger partial charge in [0.2, 0.25) is 0 Å². The first-order valence-corrected chi connectivity index (χ1v) is 9.43. The zero-order valence-electron chi connectivity index (χ0n) is 13.8. The van der Waals surface area contributed by atoms with Crippen LogP contribution in [0.1, 0.15) is 37.7 Å². The molecule has 3 rings (SSSR count). The Balaban J connectivity index is 1.38.